The summed E-state index contributed by atoms with van der Waals surface area (Å²) < 4.78 is 0.491. The number of rotatable bonds is 5. The smallest absolute Gasteiger partial charge is 0.283 e. The molecular weight excluding hydrogens is 334 g/mol. The number of benzene rings is 2. The second-order valence-corrected chi connectivity index (χ2v) is 5.66. The van der Waals surface area contributed by atoms with Crippen LogP contribution in [0, 0.1) is 10.1 Å². The van der Waals surface area contributed by atoms with Gasteiger partial charge in [0.2, 0.25) is 0 Å². The van der Waals surface area contributed by atoms with Gasteiger partial charge < -0.3 is 10.2 Å². The van der Waals surface area contributed by atoms with Crippen LogP contribution >= 0.6 is 15.9 Å². The molecule has 0 aromatic heterocycles. The van der Waals surface area contributed by atoms with Gasteiger partial charge in [0.15, 0.2) is 0 Å². The van der Waals surface area contributed by atoms with Crippen molar-refractivity contribution in [3.8, 4) is 0 Å². The monoisotopic (exact) mass is 349 g/mol. The average molecular weight is 350 g/mol. The summed E-state index contributed by atoms with van der Waals surface area (Å²) in [6, 6.07) is 13.1. The molecule has 0 heterocycles. The van der Waals surface area contributed by atoms with E-state index < -0.39 is 0 Å². The van der Waals surface area contributed by atoms with Crippen molar-refractivity contribution in [2.45, 2.75) is 6.54 Å². The summed E-state index contributed by atoms with van der Waals surface area (Å²) in [5.41, 5.74) is 3.01. The van der Waals surface area contributed by atoms with Gasteiger partial charge in [-0.25, -0.2) is 0 Å². The van der Waals surface area contributed by atoms with Crippen molar-refractivity contribution in [3.05, 3.63) is 62.6 Å². The molecule has 0 aliphatic heterocycles. The van der Waals surface area contributed by atoms with Crippen LogP contribution < -0.4 is 10.2 Å². The van der Waals surface area contributed by atoms with Gasteiger partial charge in [0.1, 0.15) is 0 Å². The number of hydrogen-bond donors (Lipinski definition) is 1. The summed E-state index contributed by atoms with van der Waals surface area (Å²) in [4.78, 5) is 12.6. The molecule has 0 spiro atoms. The van der Waals surface area contributed by atoms with E-state index in [1.165, 1.54) is 0 Å². The van der Waals surface area contributed by atoms with Gasteiger partial charge in [-0.1, -0.05) is 18.2 Å². The number of nitrogens with zero attached hydrogens (tertiary/aromatic N) is 2. The Hall–Kier alpha value is -2.08. The van der Waals surface area contributed by atoms with Crippen molar-refractivity contribution in [2.75, 3.05) is 24.3 Å². The van der Waals surface area contributed by atoms with Gasteiger partial charge in [0.05, 0.1) is 20.8 Å². The Labute approximate surface area is 131 Å². The minimum atomic E-state index is -0.388. The first-order chi connectivity index (χ1) is 9.99. The van der Waals surface area contributed by atoms with Gasteiger partial charge >= 0.3 is 0 Å². The normalized spacial score (nSPS) is 10.2. The molecule has 2 rings (SSSR count). The van der Waals surface area contributed by atoms with E-state index in [4.69, 9.17) is 0 Å². The fraction of sp³-hybridized carbons (Fsp3) is 0.200. The molecule has 0 bridgehead atoms. The van der Waals surface area contributed by atoms with E-state index in [9.17, 15) is 10.1 Å². The third kappa shape index (κ3) is 3.72. The van der Waals surface area contributed by atoms with Gasteiger partial charge in [-0.2, -0.15) is 0 Å². The molecule has 0 atom stereocenters. The van der Waals surface area contributed by atoms with Crippen molar-refractivity contribution in [3.63, 3.8) is 0 Å². The molecule has 2 aromatic rings. The summed E-state index contributed by atoms with van der Waals surface area (Å²) in [5, 5.41) is 14.3. The van der Waals surface area contributed by atoms with Gasteiger partial charge in [0.25, 0.3) is 5.69 Å². The maximum absolute atomic E-state index is 10.9. The SMILES string of the molecule is CN(C)c1ccccc1NCc1ccc(Br)c([N+](=O)[O-])c1. The molecule has 2 aromatic carbocycles. The molecule has 0 unspecified atom stereocenters. The number of nitro groups is 1. The van der Waals surface area contributed by atoms with E-state index in [2.05, 4.69) is 21.2 Å². The lowest BCUT2D eigenvalue weighted by molar-refractivity contribution is -0.385. The lowest BCUT2D eigenvalue weighted by Gasteiger charge is -2.18. The Balaban J connectivity index is 2.17. The van der Waals surface area contributed by atoms with Crippen molar-refractivity contribution >= 4 is 33.0 Å². The maximum atomic E-state index is 10.9. The van der Waals surface area contributed by atoms with E-state index in [1.54, 1.807) is 12.1 Å². The number of hydrogen-bond acceptors (Lipinski definition) is 4. The molecule has 0 amide bonds. The maximum Gasteiger partial charge on any atom is 0.283 e. The van der Waals surface area contributed by atoms with E-state index >= 15 is 0 Å². The molecule has 0 aliphatic carbocycles. The molecule has 0 radical (unpaired) electrons. The lowest BCUT2D eigenvalue weighted by atomic mass is 10.2. The average Bonchev–Trinajstić information content (AvgIpc) is 2.46. The standard InChI is InChI=1S/C15H16BrN3O2/c1-18(2)14-6-4-3-5-13(14)17-10-11-7-8-12(16)15(9-11)19(20)21/h3-9,17H,10H2,1-2H3. The van der Waals surface area contributed by atoms with Gasteiger partial charge in [-0.3, -0.25) is 10.1 Å². The zero-order valence-corrected chi connectivity index (χ0v) is 13.4. The predicted molar refractivity (Wildman–Crippen MR) is 88.9 cm³/mol. The van der Waals surface area contributed by atoms with Crippen LogP contribution in [0.5, 0.6) is 0 Å². The number of anilines is 2. The van der Waals surface area contributed by atoms with E-state index in [-0.39, 0.29) is 10.6 Å². The topological polar surface area (TPSA) is 58.4 Å². The first kappa shape index (κ1) is 15.3. The number of nitrogens with one attached hydrogen (secondary N) is 1. The van der Waals surface area contributed by atoms with Crippen molar-refractivity contribution < 1.29 is 4.92 Å². The molecule has 6 heteroatoms. The minimum Gasteiger partial charge on any atom is -0.379 e. The highest BCUT2D eigenvalue weighted by atomic mass is 79.9. The predicted octanol–water partition coefficient (Wildman–Crippen LogP) is 4.04. The van der Waals surface area contributed by atoms with E-state index in [1.807, 2.05) is 49.3 Å². The summed E-state index contributed by atoms with van der Waals surface area (Å²) in [7, 11) is 3.95. The van der Waals surface area contributed by atoms with Crippen LogP contribution in [0.1, 0.15) is 5.56 Å². The molecule has 0 fully saturated rings. The summed E-state index contributed by atoms with van der Waals surface area (Å²) >= 11 is 3.19. The summed E-state index contributed by atoms with van der Waals surface area (Å²) in [6.45, 7) is 0.527. The van der Waals surface area contributed by atoms with Crippen LogP contribution in [0.25, 0.3) is 0 Å². The fourth-order valence-corrected chi connectivity index (χ4v) is 2.41. The number of halogens is 1. The Morgan fingerprint density at radius 1 is 1.24 bits per heavy atom. The summed E-state index contributed by atoms with van der Waals surface area (Å²) in [6.07, 6.45) is 0. The molecule has 5 nitrogen and oxygen atoms in total. The summed E-state index contributed by atoms with van der Waals surface area (Å²) in [5.74, 6) is 0. The zero-order valence-electron chi connectivity index (χ0n) is 11.8. The van der Waals surface area contributed by atoms with Gasteiger partial charge in [0, 0.05) is 26.7 Å². The van der Waals surface area contributed by atoms with Crippen LogP contribution in [-0.4, -0.2) is 19.0 Å². The molecule has 110 valence electrons. The molecule has 0 aliphatic rings. The first-order valence-electron chi connectivity index (χ1n) is 6.42. The molecule has 0 saturated heterocycles. The second kappa shape index (κ2) is 6.58. The molecule has 1 N–H and O–H groups in total. The largest absolute Gasteiger partial charge is 0.379 e. The third-order valence-electron chi connectivity index (χ3n) is 3.08. The van der Waals surface area contributed by atoms with Crippen LogP contribution in [0.4, 0.5) is 17.1 Å². The number of nitro benzene ring substituents is 1. The molecule has 21 heavy (non-hydrogen) atoms. The minimum absolute atomic E-state index is 0.0789. The van der Waals surface area contributed by atoms with Crippen molar-refractivity contribution in [2.24, 2.45) is 0 Å². The Kier molecular flexibility index (Phi) is 4.80. The van der Waals surface area contributed by atoms with Gasteiger partial charge in [-0.05, 0) is 39.7 Å². The van der Waals surface area contributed by atoms with Crippen LogP contribution in [0.3, 0.4) is 0 Å². The van der Waals surface area contributed by atoms with E-state index in [0.717, 1.165) is 16.9 Å². The second-order valence-electron chi connectivity index (χ2n) is 4.81. The van der Waals surface area contributed by atoms with Gasteiger partial charge in [-0.15, -0.1) is 0 Å². The highest BCUT2D eigenvalue weighted by molar-refractivity contribution is 9.10. The van der Waals surface area contributed by atoms with Crippen LogP contribution in [0.15, 0.2) is 46.9 Å². The molecular formula is C15H16BrN3O2. The van der Waals surface area contributed by atoms with Crippen molar-refractivity contribution in [1.29, 1.82) is 0 Å². The van der Waals surface area contributed by atoms with Crippen LogP contribution in [-0.2, 0) is 6.54 Å². The lowest BCUT2D eigenvalue weighted by Crippen LogP contribution is -2.12. The Morgan fingerprint density at radius 2 is 1.95 bits per heavy atom. The Morgan fingerprint density at radius 3 is 2.62 bits per heavy atom. The highest BCUT2D eigenvalue weighted by Crippen LogP contribution is 2.27. The highest BCUT2D eigenvalue weighted by Gasteiger charge is 2.12. The molecule has 0 saturated carbocycles. The fourth-order valence-electron chi connectivity index (χ4n) is 2.02. The van der Waals surface area contributed by atoms with E-state index in [0.29, 0.717) is 11.0 Å². The van der Waals surface area contributed by atoms with Crippen molar-refractivity contribution in [1.82, 2.24) is 0 Å². The first-order valence-corrected chi connectivity index (χ1v) is 7.21. The Bertz CT molecular complexity index is 659. The number of para-hydroxylation sites is 2. The van der Waals surface area contributed by atoms with Crippen LogP contribution in [0.2, 0.25) is 0 Å². The zero-order chi connectivity index (χ0) is 15.4. The third-order valence-corrected chi connectivity index (χ3v) is 3.75. The quantitative estimate of drug-likeness (QED) is 0.653.